The maximum Gasteiger partial charge on any atom is 0.495 e. The van der Waals surface area contributed by atoms with Crippen molar-refractivity contribution in [3.05, 3.63) is 54.1 Å². The van der Waals surface area contributed by atoms with Crippen LogP contribution in [0.1, 0.15) is 33.3 Å². The van der Waals surface area contributed by atoms with Gasteiger partial charge in [-0.3, -0.25) is 4.72 Å². The lowest BCUT2D eigenvalue weighted by atomic mass is 9.79. The predicted octanol–water partition coefficient (Wildman–Crippen LogP) is 2.94. The number of ether oxygens (including phenoxy) is 1. The smallest absolute Gasteiger partial charge is 0.495 e. The molecule has 1 fully saturated rings. The summed E-state index contributed by atoms with van der Waals surface area (Å²) in [6.07, 6.45) is 0. The summed E-state index contributed by atoms with van der Waals surface area (Å²) in [5.74, 6) is 0.404. The molecule has 8 heteroatoms. The van der Waals surface area contributed by atoms with Gasteiger partial charge in [0, 0.05) is 6.07 Å². The Morgan fingerprint density at radius 2 is 1.61 bits per heavy atom. The first-order valence-corrected chi connectivity index (χ1v) is 10.8. The minimum atomic E-state index is -3.59. The van der Waals surface area contributed by atoms with Crippen molar-refractivity contribution >= 4 is 28.3 Å². The van der Waals surface area contributed by atoms with E-state index in [0.717, 1.165) is 0 Å². The summed E-state index contributed by atoms with van der Waals surface area (Å²) >= 11 is 0. The summed E-state index contributed by atoms with van der Waals surface area (Å²) in [6, 6.07) is 14.2. The monoisotopic (exact) mass is 403 g/mol. The highest BCUT2D eigenvalue weighted by atomic mass is 32.2. The third kappa shape index (κ3) is 4.51. The van der Waals surface area contributed by atoms with E-state index in [1.807, 2.05) is 45.9 Å². The molecule has 1 saturated heterocycles. The van der Waals surface area contributed by atoms with Gasteiger partial charge >= 0.3 is 7.12 Å². The SMILES string of the molecule is COc1cc(NS(=O)(=O)Cc2ccccc2)cc(B2OC(C)(C)C(C)(C)O2)c1. The highest BCUT2D eigenvalue weighted by Gasteiger charge is 2.51. The minimum Gasteiger partial charge on any atom is -0.497 e. The molecule has 0 amide bonds. The maximum absolute atomic E-state index is 12.6. The Bertz CT molecular complexity index is 928. The topological polar surface area (TPSA) is 73.9 Å². The summed E-state index contributed by atoms with van der Waals surface area (Å²) in [5, 5.41) is 0. The van der Waals surface area contributed by atoms with Gasteiger partial charge in [-0.15, -0.1) is 0 Å². The van der Waals surface area contributed by atoms with Crippen molar-refractivity contribution < 1.29 is 22.5 Å². The molecule has 6 nitrogen and oxygen atoms in total. The second-order valence-electron chi connectivity index (χ2n) is 7.93. The summed E-state index contributed by atoms with van der Waals surface area (Å²) in [4.78, 5) is 0. The highest BCUT2D eigenvalue weighted by Crippen LogP contribution is 2.37. The molecule has 1 heterocycles. The molecule has 0 aliphatic carbocycles. The fraction of sp³-hybridized carbons (Fsp3) is 0.400. The first kappa shape index (κ1) is 20.7. The molecule has 2 aromatic rings. The molecule has 0 radical (unpaired) electrons. The summed E-state index contributed by atoms with van der Waals surface area (Å²) in [5.41, 5.74) is 0.820. The van der Waals surface area contributed by atoms with Crippen LogP contribution in [0.2, 0.25) is 0 Å². The van der Waals surface area contributed by atoms with Crippen LogP contribution in [0.3, 0.4) is 0 Å². The van der Waals surface area contributed by atoms with Gasteiger partial charge in [0.1, 0.15) is 5.75 Å². The van der Waals surface area contributed by atoms with Crippen LogP contribution < -0.4 is 14.9 Å². The number of methoxy groups -OCH3 is 1. The molecule has 0 spiro atoms. The molecule has 150 valence electrons. The zero-order valence-corrected chi connectivity index (χ0v) is 17.7. The Morgan fingerprint density at radius 1 is 1.00 bits per heavy atom. The average Bonchev–Trinajstić information content (AvgIpc) is 2.82. The normalized spacial score (nSPS) is 18.1. The van der Waals surface area contributed by atoms with Crippen LogP contribution >= 0.6 is 0 Å². The van der Waals surface area contributed by atoms with Crippen LogP contribution in [0.4, 0.5) is 5.69 Å². The van der Waals surface area contributed by atoms with Gasteiger partial charge in [-0.2, -0.15) is 0 Å². The van der Waals surface area contributed by atoms with Crippen molar-refractivity contribution in [3.63, 3.8) is 0 Å². The van der Waals surface area contributed by atoms with E-state index in [1.54, 1.807) is 30.3 Å². The number of nitrogens with one attached hydrogen (secondary N) is 1. The van der Waals surface area contributed by atoms with E-state index < -0.39 is 28.3 Å². The van der Waals surface area contributed by atoms with E-state index in [1.165, 1.54) is 7.11 Å². The minimum absolute atomic E-state index is 0.114. The summed E-state index contributed by atoms with van der Waals surface area (Å²) < 4.78 is 45.3. The van der Waals surface area contributed by atoms with Crippen molar-refractivity contribution in [1.29, 1.82) is 0 Å². The summed E-state index contributed by atoms with van der Waals surface area (Å²) in [6.45, 7) is 7.88. The number of sulfonamides is 1. The van der Waals surface area contributed by atoms with E-state index in [-0.39, 0.29) is 5.75 Å². The predicted molar refractivity (Wildman–Crippen MR) is 111 cm³/mol. The molecule has 1 aliphatic rings. The molecule has 28 heavy (non-hydrogen) atoms. The largest absolute Gasteiger partial charge is 0.497 e. The van der Waals surface area contributed by atoms with Crippen LogP contribution in [-0.4, -0.2) is 33.8 Å². The van der Waals surface area contributed by atoms with Crippen molar-refractivity contribution in [2.45, 2.75) is 44.6 Å². The Kier molecular flexibility index (Phi) is 5.49. The van der Waals surface area contributed by atoms with Crippen molar-refractivity contribution in [2.24, 2.45) is 0 Å². The number of hydrogen-bond donors (Lipinski definition) is 1. The Labute approximate surface area is 167 Å². The third-order valence-corrected chi connectivity index (χ3v) is 6.42. The van der Waals surface area contributed by atoms with E-state index in [2.05, 4.69) is 4.72 Å². The van der Waals surface area contributed by atoms with Crippen molar-refractivity contribution in [3.8, 4) is 5.75 Å². The summed E-state index contributed by atoms with van der Waals surface area (Å²) in [7, 11) is -2.67. The quantitative estimate of drug-likeness (QED) is 0.751. The molecule has 0 atom stereocenters. The first-order valence-electron chi connectivity index (χ1n) is 9.10. The van der Waals surface area contributed by atoms with Gasteiger partial charge in [0.25, 0.3) is 0 Å². The van der Waals surface area contributed by atoms with Crippen LogP contribution in [0.25, 0.3) is 0 Å². The average molecular weight is 403 g/mol. The molecule has 0 unspecified atom stereocenters. The Hall–Kier alpha value is -2.03. The lowest BCUT2D eigenvalue weighted by Gasteiger charge is -2.32. The lowest BCUT2D eigenvalue weighted by Crippen LogP contribution is -2.41. The van der Waals surface area contributed by atoms with Gasteiger partial charge in [0.15, 0.2) is 0 Å². The second-order valence-corrected chi connectivity index (χ2v) is 9.65. The molecule has 0 saturated carbocycles. The van der Waals surface area contributed by atoms with Gasteiger partial charge in [-0.05, 0) is 50.9 Å². The molecular weight excluding hydrogens is 377 g/mol. The fourth-order valence-electron chi connectivity index (χ4n) is 2.92. The maximum atomic E-state index is 12.6. The molecule has 0 bridgehead atoms. The zero-order chi connectivity index (χ0) is 20.6. The molecule has 2 aromatic carbocycles. The van der Waals surface area contributed by atoms with Gasteiger partial charge in [-0.25, -0.2) is 8.42 Å². The van der Waals surface area contributed by atoms with Crippen LogP contribution in [0.15, 0.2) is 48.5 Å². The van der Waals surface area contributed by atoms with Gasteiger partial charge < -0.3 is 14.0 Å². The van der Waals surface area contributed by atoms with E-state index in [4.69, 9.17) is 14.0 Å². The van der Waals surface area contributed by atoms with Gasteiger partial charge in [0.2, 0.25) is 10.0 Å². The molecule has 1 N–H and O–H groups in total. The Balaban J connectivity index is 1.86. The van der Waals surface area contributed by atoms with E-state index >= 15 is 0 Å². The van der Waals surface area contributed by atoms with Crippen molar-refractivity contribution in [1.82, 2.24) is 0 Å². The fourth-order valence-corrected chi connectivity index (χ4v) is 4.10. The number of rotatable bonds is 6. The van der Waals surface area contributed by atoms with Gasteiger partial charge in [0.05, 0.1) is 29.8 Å². The molecule has 3 rings (SSSR count). The molecular formula is C20H26BNO5S. The second kappa shape index (κ2) is 7.42. The lowest BCUT2D eigenvalue weighted by molar-refractivity contribution is 0.00578. The molecule has 1 aliphatic heterocycles. The zero-order valence-electron chi connectivity index (χ0n) is 16.9. The Morgan fingerprint density at radius 3 is 2.18 bits per heavy atom. The van der Waals surface area contributed by atoms with Crippen LogP contribution in [-0.2, 0) is 25.1 Å². The highest BCUT2D eigenvalue weighted by molar-refractivity contribution is 7.91. The van der Waals surface area contributed by atoms with E-state index in [0.29, 0.717) is 22.5 Å². The van der Waals surface area contributed by atoms with Crippen LogP contribution in [0, 0.1) is 0 Å². The van der Waals surface area contributed by atoms with Crippen LogP contribution in [0.5, 0.6) is 5.75 Å². The number of hydrogen-bond acceptors (Lipinski definition) is 5. The number of anilines is 1. The number of benzene rings is 2. The van der Waals surface area contributed by atoms with E-state index in [9.17, 15) is 8.42 Å². The first-order chi connectivity index (χ1) is 13.0. The van der Waals surface area contributed by atoms with Gasteiger partial charge in [-0.1, -0.05) is 30.3 Å². The standard InChI is InChI=1S/C20H26BNO5S/c1-19(2)20(3,4)27-21(26-19)16-11-17(13-18(12-16)25-5)22-28(23,24)14-15-9-7-6-8-10-15/h6-13,22H,14H2,1-5H3. The third-order valence-electron chi connectivity index (χ3n) is 5.16. The molecule has 0 aromatic heterocycles. The van der Waals surface area contributed by atoms with Crippen molar-refractivity contribution in [2.75, 3.05) is 11.8 Å².